The van der Waals surface area contributed by atoms with Gasteiger partial charge in [0.1, 0.15) is 0 Å². The monoisotopic (exact) mass is 323 g/mol. The van der Waals surface area contributed by atoms with Gasteiger partial charge in [-0.25, -0.2) is 5.48 Å². The summed E-state index contributed by atoms with van der Waals surface area (Å²) in [7, 11) is 0. The number of rotatable bonds is 7. The van der Waals surface area contributed by atoms with Crippen LogP contribution in [0.4, 0.5) is 0 Å². The first kappa shape index (κ1) is 15.7. The molecule has 2 rings (SSSR count). The van der Waals surface area contributed by atoms with Crippen molar-refractivity contribution in [2.24, 2.45) is 0 Å². The summed E-state index contributed by atoms with van der Waals surface area (Å²) in [6.07, 6.45) is 0.223. The molecular weight excluding hydrogens is 310 g/mol. The van der Waals surface area contributed by atoms with Crippen LogP contribution in [0.5, 0.6) is 0 Å². The lowest BCUT2D eigenvalue weighted by Gasteiger charge is -2.05. The summed E-state index contributed by atoms with van der Waals surface area (Å²) in [4.78, 5) is 29.0. The number of ketones is 1. The summed E-state index contributed by atoms with van der Waals surface area (Å²) in [6, 6.07) is 12.8. The van der Waals surface area contributed by atoms with Crippen molar-refractivity contribution >= 4 is 34.6 Å². The average Bonchev–Trinajstić information content (AvgIpc) is 2.92. The molecule has 6 heteroatoms. The number of carbonyl (C=O) groups is 2. The fourth-order valence-corrected chi connectivity index (χ4v) is 2.65. The Morgan fingerprint density at radius 2 is 1.86 bits per heavy atom. The van der Waals surface area contributed by atoms with Crippen LogP contribution in [0.15, 0.2) is 42.5 Å². The van der Waals surface area contributed by atoms with Crippen LogP contribution in [0.1, 0.15) is 28.1 Å². The smallest absolute Gasteiger partial charge is 0.243 e. The second-order valence-corrected chi connectivity index (χ2v) is 6.04. The average molecular weight is 324 g/mol. The van der Waals surface area contributed by atoms with Gasteiger partial charge in [0.2, 0.25) is 5.91 Å². The number of carbonyl (C=O) groups excluding carboxylic acids is 2. The molecule has 2 aromatic rings. The number of hydrogen-bond acceptors (Lipinski definition) is 4. The minimum atomic E-state index is -0.318. The van der Waals surface area contributed by atoms with Crippen molar-refractivity contribution in [2.75, 3.05) is 0 Å². The van der Waals surface area contributed by atoms with E-state index < -0.39 is 0 Å². The highest BCUT2D eigenvalue weighted by atomic mass is 35.5. The molecule has 0 saturated heterocycles. The van der Waals surface area contributed by atoms with Gasteiger partial charge in [-0.05, 0) is 17.7 Å². The lowest BCUT2D eigenvalue weighted by molar-refractivity contribution is -0.134. The summed E-state index contributed by atoms with van der Waals surface area (Å²) < 4.78 is 0.564. The van der Waals surface area contributed by atoms with Crippen molar-refractivity contribution in [2.45, 2.75) is 19.4 Å². The van der Waals surface area contributed by atoms with Crippen molar-refractivity contribution in [1.82, 2.24) is 5.48 Å². The maximum Gasteiger partial charge on any atom is 0.243 e. The molecule has 0 bridgehead atoms. The number of hydrogen-bond donors (Lipinski definition) is 1. The van der Waals surface area contributed by atoms with E-state index in [1.165, 1.54) is 11.3 Å². The third-order valence-corrected chi connectivity index (χ3v) is 3.97. The number of Topliss-reactive ketones (excluding diaryl/α,β-unsaturated/α-hetero) is 1. The Labute approximate surface area is 131 Å². The number of benzene rings is 1. The van der Waals surface area contributed by atoms with Crippen LogP contribution in [-0.2, 0) is 16.2 Å². The third-order valence-electron chi connectivity index (χ3n) is 2.69. The van der Waals surface area contributed by atoms with Crippen LogP contribution in [0.25, 0.3) is 0 Å². The summed E-state index contributed by atoms with van der Waals surface area (Å²) in [5.41, 5.74) is 3.29. The maximum absolute atomic E-state index is 11.8. The number of amides is 1. The Morgan fingerprint density at radius 3 is 2.52 bits per heavy atom. The molecule has 110 valence electrons. The van der Waals surface area contributed by atoms with Gasteiger partial charge < -0.3 is 0 Å². The second-order valence-electron chi connectivity index (χ2n) is 4.33. The van der Waals surface area contributed by atoms with E-state index in [-0.39, 0.29) is 24.5 Å². The van der Waals surface area contributed by atoms with Crippen LogP contribution in [0.3, 0.4) is 0 Å². The lowest BCUT2D eigenvalue weighted by atomic mass is 10.2. The number of thiophene rings is 1. The van der Waals surface area contributed by atoms with Crippen LogP contribution < -0.4 is 5.48 Å². The zero-order valence-electron chi connectivity index (χ0n) is 11.2. The zero-order valence-corrected chi connectivity index (χ0v) is 12.7. The topological polar surface area (TPSA) is 55.4 Å². The number of nitrogens with one attached hydrogen (secondary N) is 1. The molecule has 0 atom stereocenters. The van der Waals surface area contributed by atoms with E-state index in [0.29, 0.717) is 15.8 Å². The van der Waals surface area contributed by atoms with Crippen LogP contribution >= 0.6 is 22.9 Å². The minimum absolute atomic E-state index is 0.0865. The van der Waals surface area contributed by atoms with Gasteiger partial charge in [0.15, 0.2) is 5.78 Å². The lowest BCUT2D eigenvalue weighted by Crippen LogP contribution is -2.23. The van der Waals surface area contributed by atoms with Crippen LogP contribution in [0, 0.1) is 0 Å². The first-order valence-corrected chi connectivity index (χ1v) is 7.57. The molecule has 1 amide bonds. The van der Waals surface area contributed by atoms with Crippen molar-refractivity contribution in [1.29, 1.82) is 0 Å². The molecule has 21 heavy (non-hydrogen) atoms. The molecule has 1 aromatic heterocycles. The van der Waals surface area contributed by atoms with Crippen molar-refractivity contribution in [3.05, 3.63) is 57.2 Å². The Kier molecular flexibility index (Phi) is 5.92. The van der Waals surface area contributed by atoms with Gasteiger partial charge in [-0.15, -0.1) is 11.3 Å². The van der Waals surface area contributed by atoms with Crippen molar-refractivity contribution < 1.29 is 14.4 Å². The fraction of sp³-hybridized carbons (Fsp3) is 0.200. The molecule has 0 aliphatic rings. The molecule has 4 nitrogen and oxygen atoms in total. The van der Waals surface area contributed by atoms with E-state index in [1.807, 2.05) is 30.3 Å². The van der Waals surface area contributed by atoms with E-state index in [9.17, 15) is 9.59 Å². The molecule has 0 aliphatic heterocycles. The van der Waals surface area contributed by atoms with Gasteiger partial charge >= 0.3 is 0 Å². The zero-order chi connectivity index (χ0) is 15.1. The first-order valence-electron chi connectivity index (χ1n) is 6.38. The largest absolute Gasteiger partial charge is 0.293 e. The summed E-state index contributed by atoms with van der Waals surface area (Å²) in [5.74, 6) is -0.410. The second kappa shape index (κ2) is 7.93. The molecule has 0 saturated carbocycles. The summed E-state index contributed by atoms with van der Waals surface area (Å²) >= 11 is 6.98. The molecule has 0 radical (unpaired) electrons. The Morgan fingerprint density at radius 1 is 1.10 bits per heavy atom. The maximum atomic E-state index is 11.8. The Hall–Kier alpha value is -1.69. The normalized spacial score (nSPS) is 10.3. The minimum Gasteiger partial charge on any atom is -0.293 e. The van der Waals surface area contributed by atoms with Crippen LogP contribution in [0.2, 0.25) is 4.34 Å². The third kappa shape index (κ3) is 5.30. The van der Waals surface area contributed by atoms with Gasteiger partial charge in [-0.1, -0.05) is 41.9 Å². The Bertz CT molecular complexity index is 612. The predicted molar refractivity (Wildman–Crippen MR) is 82.3 cm³/mol. The molecule has 0 fully saturated rings. The molecule has 1 aromatic carbocycles. The summed E-state index contributed by atoms with van der Waals surface area (Å²) in [5, 5.41) is 0. The number of hydroxylamine groups is 1. The molecule has 1 heterocycles. The molecule has 0 aliphatic carbocycles. The van der Waals surface area contributed by atoms with Gasteiger partial charge in [0.25, 0.3) is 0 Å². The van der Waals surface area contributed by atoms with E-state index in [1.54, 1.807) is 12.1 Å². The van der Waals surface area contributed by atoms with Crippen molar-refractivity contribution in [3.63, 3.8) is 0 Å². The van der Waals surface area contributed by atoms with E-state index in [4.69, 9.17) is 16.4 Å². The predicted octanol–water partition coefficient (Wildman–Crippen LogP) is 3.61. The standard InChI is InChI=1S/C15H14ClNO3S/c16-14-8-7-13(21-14)12(18)6-9-15(19)17-20-10-11-4-2-1-3-5-11/h1-5,7-8H,6,9-10H2,(H,17,19). The van der Waals surface area contributed by atoms with Gasteiger partial charge in [-0.3, -0.25) is 14.4 Å². The highest BCUT2D eigenvalue weighted by molar-refractivity contribution is 7.18. The van der Waals surface area contributed by atoms with Gasteiger partial charge in [0, 0.05) is 12.8 Å². The van der Waals surface area contributed by atoms with Crippen molar-refractivity contribution in [3.8, 4) is 0 Å². The van der Waals surface area contributed by atoms with E-state index in [0.717, 1.165) is 5.56 Å². The van der Waals surface area contributed by atoms with Crippen LogP contribution in [-0.4, -0.2) is 11.7 Å². The fourth-order valence-electron chi connectivity index (χ4n) is 1.64. The number of halogens is 1. The highest BCUT2D eigenvalue weighted by Gasteiger charge is 2.11. The van der Waals surface area contributed by atoms with Gasteiger partial charge in [0.05, 0.1) is 15.8 Å². The van der Waals surface area contributed by atoms with E-state index >= 15 is 0 Å². The van der Waals surface area contributed by atoms with Gasteiger partial charge in [-0.2, -0.15) is 0 Å². The SMILES string of the molecule is O=C(CCC(=O)c1ccc(Cl)s1)NOCc1ccccc1. The molecule has 0 spiro atoms. The molecule has 0 unspecified atom stereocenters. The quantitative estimate of drug-likeness (QED) is 0.625. The van der Waals surface area contributed by atoms with E-state index in [2.05, 4.69) is 5.48 Å². The molecule has 1 N–H and O–H groups in total. The highest BCUT2D eigenvalue weighted by Crippen LogP contribution is 2.22. The first-order chi connectivity index (χ1) is 10.1. The summed E-state index contributed by atoms with van der Waals surface area (Å²) in [6.45, 7) is 0.293. The Balaban J connectivity index is 1.67. The molecular formula is C15H14ClNO3S.